The van der Waals surface area contributed by atoms with E-state index in [4.69, 9.17) is 19.9 Å². The number of hydrogen-bond donors (Lipinski definition) is 1. The van der Waals surface area contributed by atoms with Crippen molar-refractivity contribution < 1.29 is 23.4 Å². The second-order valence-electron chi connectivity index (χ2n) is 7.20. The van der Waals surface area contributed by atoms with Gasteiger partial charge in [0.25, 0.3) is 0 Å². The summed E-state index contributed by atoms with van der Waals surface area (Å²) in [4.78, 5) is 12.3. The van der Waals surface area contributed by atoms with Crippen LogP contribution >= 0.6 is 0 Å². The van der Waals surface area contributed by atoms with E-state index in [0.717, 1.165) is 11.3 Å². The number of nitrogens with two attached hydrogens (primary N) is 1. The Morgan fingerprint density at radius 2 is 1.79 bits per heavy atom. The fourth-order valence-electron chi connectivity index (χ4n) is 3.53. The maximum Gasteiger partial charge on any atom is 0.336 e. The minimum atomic E-state index is -0.571. The lowest BCUT2D eigenvalue weighted by atomic mass is 9.83. The van der Waals surface area contributed by atoms with Crippen molar-refractivity contribution in [2.24, 2.45) is 5.73 Å². The number of rotatable bonds is 5. The molecule has 2 N–H and O–H groups in total. The number of methoxy groups -OCH3 is 1. The lowest BCUT2D eigenvalue weighted by molar-refractivity contribution is -0.128. The molecule has 1 unspecified atom stereocenters. The summed E-state index contributed by atoms with van der Waals surface area (Å²) >= 11 is 0. The molecule has 1 aliphatic rings. The summed E-state index contributed by atoms with van der Waals surface area (Å²) in [6, 6.07) is 19.9. The Hall–Kier alpha value is -4.57. The summed E-state index contributed by atoms with van der Waals surface area (Å²) in [6.07, 6.45) is 2.94. The van der Waals surface area contributed by atoms with Crippen LogP contribution in [0.15, 0.2) is 84.3 Å². The van der Waals surface area contributed by atoms with E-state index in [9.17, 15) is 14.4 Å². The standard InChI is InChI=1S/C26H19FN2O4/c1-31-19-9-2-16(3-10-19)4-13-24(30)32-20-11-12-21-23(14-20)33-26(29)22(15-28)25(21)17-5-7-18(27)8-6-17/h2-14,25H,29H2,1H3/b13-4+. The number of hydrogen-bond acceptors (Lipinski definition) is 6. The van der Waals surface area contributed by atoms with Crippen molar-refractivity contribution in [2.45, 2.75) is 5.92 Å². The minimum Gasteiger partial charge on any atom is -0.497 e. The maximum absolute atomic E-state index is 13.4. The number of nitrogens with zero attached hydrogens (tertiary/aromatic N) is 1. The number of carbonyl (C=O) groups excluding carboxylic acids is 1. The second kappa shape index (κ2) is 9.28. The normalized spacial score (nSPS) is 14.9. The zero-order valence-corrected chi connectivity index (χ0v) is 17.6. The molecule has 6 nitrogen and oxygen atoms in total. The first kappa shape index (κ1) is 21.7. The van der Waals surface area contributed by atoms with Gasteiger partial charge in [0, 0.05) is 17.7 Å². The highest BCUT2D eigenvalue weighted by atomic mass is 19.1. The number of fused-ring (bicyclic) bond motifs is 1. The monoisotopic (exact) mass is 442 g/mol. The van der Waals surface area contributed by atoms with Crippen LogP contribution in [0.5, 0.6) is 17.2 Å². The van der Waals surface area contributed by atoms with E-state index >= 15 is 0 Å². The summed E-state index contributed by atoms with van der Waals surface area (Å²) in [5.74, 6) is -0.212. The number of ether oxygens (including phenoxy) is 3. The van der Waals surface area contributed by atoms with Gasteiger partial charge in [0.15, 0.2) is 0 Å². The molecular formula is C26H19FN2O4. The second-order valence-corrected chi connectivity index (χ2v) is 7.20. The summed E-state index contributed by atoms with van der Waals surface area (Å²) in [5, 5.41) is 9.60. The van der Waals surface area contributed by atoms with E-state index < -0.39 is 11.9 Å². The number of carbonyl (C=O) groups is 1. The average molecular weight is 442 g/mol. The fraction of sp³-hybridized carbons (Fsp3) is 0.0769. The Kier molecular flexibility index (Phi) is 6.09. The smallest absolute Gasteiger partial charge is 0.336 e. The third kappa shape index (κ3) is 4.70. The van der Waals surface area contributed by atoms with E-state index in [1.54, 1.807) is 49.6 Å². The fourth-order valence-corrected chi connectivity index (χ4v) is 3.53. The third-order valence-corrected chi connectivity index (χ3v) is 5.14. The highest BCUT2D eigenvalue weighted by Crippen LogP contribution is 2.43. The molecule has 0 radical (unpaired) electrons. The molecule has 0 saturated heterocycles. The molecule has 0 fully saturated rings. The molecule has 1 aliphatic heterocycles. The Bertz CT molecular complexity index is 1290. The van der Waals surface area contributed by atoms with Gasteiger partial charge < -0.3 is 19.9 Å². The van der Waals surface area contributed by atoms with Crippen molar-refractivity contribution in [1.82, 2.24) is 0 Å². The van der Waals surface area contributed by atoms with Crippen LogP contribution in [0.25, 0.3) is 6.08 Å². The molecule has 3 aromatic rings. The first-order valence-corrected chi connectivity index (χ1v) is 9.99. The van der Waals surface area contributed by atoms with E-state index in [1.165, 1.54) is 24.3 Å². The Morgan fingerprint density at radius 3 is 2.45 bits per heavy atom. The van der Waals surface area contributed by atoms with Gasteiger partial charge in [0.1, 0.15) is 34.7 Å². The van der Waals surface area contributed by atoms with E-state index in [1.807, 2.05) is 12.1 Å². The molecule has 0 spiro atoms. The topological polar surface area (TPSA) is 94.6 Å². The molecule has 0 aliphatic carbocycles. The Balaban J connectivity index is 1.56. The summed E-state index contributed by atoms with van der Waals surface area (Å²) in [7, 11) is 1.58. The SMILES string of the molecule is COc1ccc(/C=C/C(=O)Oc2ccc3c(c2)OC(N)=C(C#N)C3c2ccc(F)cc2)cc1. The zero-order valence-electron chi connectivity index (χ0n) is 17.6. The highest BCUT2D eigenvalue weighted by Gasteiger charge is 2.31. The van der Waals surface area contributed by atoms with Crippen LogP contribution in [-0.4, -0.2) is 13.1 Å². The van der Waals surface area contributed by atoms with Crippen LogP contribution in [0.2, 0.25) is 0 Å². The molecule has 1 atom stereocenters. The molecule has 164 valence electrons. The summed E-state index contributed by atoms with van der Waals surface area (Å²) in [5.41, 5.74) is 8.35. The van der Waals surface area contributed by atoms with Crippen LogP contribution in [0.4, 0.5) is 4.39 Å². The molecular weight excluding hydrogens is 423 g/mol. The third-order valence-electron chi connectivity index (χ3n) is 5.14. The van der Waals surface area contributed by atoms with Gasteiger partial charge in [0.05, 0.1) is 13.0 Å². The predicted octanol–water partition coefficient (Wildman–Crippen LogP) is 4.67. The van der Waals surface area contributed by atoms with Crippen molar-refractivity contribution in [3.63, 3.8) is 0 Å². The van der Waals surface area contributed by atoms with Gasteiger partial charge in [0.2, 0.25) is 5.88 Å². The molecule has 33 heavy (non-hydrogen) atoms. The maximum atomic E-state index is 13.4. The summed E-state index contributed by atoms with van der Waals surface area (Å²) in [6.45, 7) is 0. The van der Waals surface area contributed by atoms with Gasteiger partial charge in [-0.3, -0.25) is 0 Å². The lowest BCUT2D eigenvalue weighted by Gasteiger charge is -2.26. The number of nitriles is 1. The Morgan fingerprint density at radius 1 is 1.09 bits per heavy atom. The van der Waals surface area contributed by atoms with Gasteiger partial charge in [-0.2, -0.15) is 5.26 Å². The predicted molar refractivity (Wildman–Crippen MR) is 120 cm³/mol. The molecule has 7 heteroatoms. The molecule has 3 aromatic carbocycles. The van der Waals surface area contributed by atoms with Gasteiger partial charge >= 0.3 is 5.97 Å². The number of esters is 1. The van der Waals surface area contributed by atoms with Crippen LogP contribution in [0, 0.1) is 17.1 Å². The quantitative estimate of drug-likeness (QED) is 0.351. The molecule has 4 rings (SSSR count). The molecule has 0 bridgehead atoms. The molecule has 0 aromatic heterocycles. The van der Waals surface area contributed by atoms with E-state index in [2.05, 4.69) is 6.07 Å². The van der Waals surface area contributed by atoms with E-state index in [-0.39, 0.29) is 23.0 Å². The van der Waals surface area contributed by atoms with Gasteiger partial charge in [-0.25, -0.2) is 9.18 Å². The summed E-state index contributed by atoms with van der Waals surface area (Å²) < 4.78 is 29.5. The van der Waals surface area contributed by atoms with Gasteiger partial charge in [-0.1, -0.05) is 30.3 Å². The van der Waals surface area contributed by atoms with Crippen molar-refractivity contribution in [2.75, 3.05) is 7.11 Å². The average Bonchev–Trinajstić information content (AvgIpc) is 2.82. The molecule has 0 saturated carbocycles. The van der Waals surface area contributed by atoms with Gasteiger partial charge in [-0.05, 0) is 47.5 Å². The molecule has 1 heterocycles. The van der Waals surface area contributed by atoms with E-state index in [0.29, 0.717) is 16.9 Å². The van der Waals surface area contributed by atoms with Crippen molar-refractivity contribution in [3.8, 4) is 23.3 Å². The van der Waals surface area contributed by atoms with Crippen LogP contribution in [-0.2, 0) is 4.79 Å². The van der Waals surface area contributed by atoms with Crippen molar-refractivity contribution >= 4 is 12.0 Å². The largest absolute Gasteiger partial charge is 0.497 e. The number of halogens is 1. The zero-order chi connectivity index (χ0) is 23.4. The first-order valence-electron chi connectivity index (χ1n) is 9.99. The van der Waals surface area contributed by atoms with Crippen molar-refractivity contribution in [1.29, 1.82) is 5.26 Å². The minimum absolute atomic E-state index is 0.0535. The Labute approximate surface area is 189 Å². The first-order chi connectivity index (χ1) is 16.0. The highest BCUT2D eigenvalue weighted by molar-refractivity contribution is 5.88. The van der Waals surface area contributed by atoms with Gasteiger partial charge in [-0.15, -0.1) is 0 Å². The number of allylic oxidation sites excluding steroid dienone is 1. The van der Waals surface area contributed by atoms with Crippen molar-refractivity contribution in [3.05, 3.63) is 107 Å². The lowest BCUT2D eigenvalue weighted by Crippen LogP contribution is -2.21. The van der Waals surface area contributed by atoms with Crippen LogP contribution in [0.3, 0.4) is 0 Å². The molecule has 0 amide bonds. The van der Waals surface area contributed by atoms with Crippen LogP contribution < -0.4 is 19.9 Å². The van der Waals surface area contributed by atoms with Crippen LogP contribution in [0.1, 0.15) is 22.6 Å². The number of benzene rings is 3.